The van der Waals surface area contributed by atoms with Crippen molar-refractivity contribution in [3.8, 4) is 12.1 Å². The topological polar surface area (TPSA) is 85.6 Å². The molecule has 2 aliphatic carbocycles. The largest absolute Gasteiger partial charge is 0.462 e. The number of anilines is 1. The van der Waals surface area contributed by atoms with Crippen LogP contribution in [0, 0.1) is 11.3 Å². The number of hydrogen-bond acceptors (Lipinski definition) is 7. The third-order valence-electron chi connectivity index (χ3n) is 9.83. The van der Waals surface area contributed by atoms with Crippen molar-refractivity contribution in [3.05, 3.63) is 58.0 Å². The van der Waals surface area contributed by atoms with Crippen LogP contribution in [-0.2, 0) is 29.5 Å². The molecule has 1 amide bonds. The summed E-state index contributed by atoms with van der Waals surface area (Å²) in [5.74, 6) is -1.05. The number of likely N-dealkylation sites (tertiary alicyclic amines) is 1. The zero-order chi connectivity index (χ0) is 30.1. The maximum atomic E-state index is 13.8. The first-order valence-electron chi connectivity index (χ1n) is 15.2. The minimum Gasteiger partial charge on any atom is -0.462 e. The maximum Gasteiger partial charge on any atom is 0.318 e. The Hall–Kier alpha value is -3.29. The van der Waals surface area contributed by atoms with E-state index in [1.54, 1.807) is 0 Å². The van der Waals surface area contributed by atoms with Gasteiger partial charge in [-0.05, 0) is 68.7 Å². The molecule has 6 rings (SSSR count). The van der Waals surface area contributed by atoms with Crippen LogP contribution in [0.2, 0.25) is 5.02 Å². The molecule has 2 saturated heterocycles. The van der Waals surface area contributed by atoms with Gasteiger partial charge >= 0.3 is 6.01 Å². The molecule has 2 aliphatic heterocycles. The number of amides is 1. The van der Waals surface area contributed by atoms with Crippen LogP contribution in [0.15, 0.2) is 30.6 Å². The summed E-state index contributed by atoms with van der Waals surface area (Å²) in [5.41, 5.74) is 4.46. The molecule has 2 aromatic rings. The third-order valence-corrected chi connectivity index (χ3v) is 10.2. The number of carbonyl (C=O) groups excluding carboxylic acids is 1. The van der Waals surface area contributed by atoms with E-state index < -0.39 is 24.5 Å². The summed E-state index contributed by atoms with van der Waals surface area (Å²) in [5, 5.41) is 10.3. The highest BCUT2D eigenvalue weighted by atomic mass is 35.5. The standard InChI is InChI=1S/C32H37ClF2N6O2/c1-21(35)30(42)41-17-16-40(19-22(41)9-13-36)29-25-8-11-32(10-7-24-26(32)5-2-6-27(24)33)18-28(25)37-31(38-29)43-20-23-4-3-14-39(23)15-12-34/h2,5-6,22-23H,1,3-4,7-12,14-20H2/t22-,23-,32-/m0/s1. The van der Waals surface area contributed by atoms with Crippen molar-refractivity contribution in [2.24, 2.45) is 0 Å². The van der Waals surface area contributed by atoms with Crippen LogP contribution < -0.4 is 9.64 Å². The number of nitriles is 1. The first kappa shape index (κ1) is 29.8. The van der Waals surface area contributed by atoms with Gasteiger partial charge in [0.15, 0.2) is 5.83 Å². The predicted molar refractivity (Wildman–Crippen MR) is 160 cm³/mol. The van der Waals surface area contributed by atoms with Gasteiger partial charge in [0.25, 0.3) is 5.91 Å². The molecule has 0 saturated carbocycles. The summed E-state index contributed by atoms with van der Waals surface area (Å²) in [6.07, 6.45) is 6.38. The van der Waals surface area contributed by atoms with E-state index >= 15 is 0 Å². The molecule has 0 bridgehead atoms. The van der Waals surface area contributed by atoms with E-state index in [4.69, 9.17) is 26.3 Å². The number of ether oxygens (including phenoxy) is 1. The Morgan fingerprint density at radius 1 is 1.19 bits per heavy atom. The Morgan fingerprint density at radius 2 is 2.00 bits per heavy atom. The Kier molecular flexibility index (Phi) is 8.56. The van der Waals surface area contributed by atoms with Gasteiger partial charge in [-0.15, -0.1) is 0 Å². The van der Waals surface area contributed by atoms with E-state index in [2.05, 4.69) is 28.5 Å². The Morgan fingerprint density at radius 3 is 2.77 bits per heavy atom. The molecular weight excluding hydrogens is 574 g/mol. The summed E-state index contributed by atoms with van der Waals surface area (Å²) in [7, 11) is 0. The number of halogens is 3. The van der Waals surface area contributed by atoms with Crippen LogP contribution in [0.5, 0.6) is 6.01 Å². The normalized spacial score (nSPS) is 25.0. The number of rotatable bonds is 8. The van der Waals surface area contributed by atoms with Crippen LogP contribution in [0.4, 0.5) is 14.6 Å². The fourth-order valence-electron chi connectivity index (χ4n) is 7.66. The molecule has 4 aliphatic rings. The van der Waals surface area contributed by atoms with E-state index in [-0.39, 0.29) is 30.4 Å². The second kappa shape index (κ2) is 12.4. The number of fused-ring (bicyclic) bond motifs is 3. The Balaban J connectivity index is 1.32. The number of benzene rings is 1. The lowest BCUT2D eigenvalue weighted by molar-refractivity contribution is -0.131. The Bertz CT molecular complexity index is 1450. The lowest BCUT2D eigenvalue weighted by atomic mass is 9.69. The van der Waals surface area contributed by atoms with Crippen molar-refractivity contribution in [3.63, 3.8) is 0 Å². The number of hydrogen-bond donors (Lipinski definition) is 0. The number of aromatic nitrogens is 2. The van der Waals surface area contributed by atoms with Gasteiger partial charge in [0.05, 0.1) is 24.2 Å². The van der Waals surface area contributed by atoms with E-state index in [0.29, 0.717) is 26.2 Å². The van der Waals surface area contributed by atoms with E-state index in [9.17, 15) is 18.8 Å². The molecule has 1 aromatic carbocycles. The minimum atomic E-state index is -1.03. The zero-order valence-electron chi connectivity index (χ0n) is 24.3. The fraction of sp³-hybridized carbons (Fsp3) is 0.562. The molecule has 3 heterocycles. The molecule has 8 nitrogen and oxygen atoms in total. The molecule has 11 heteroatoms. The van der Waals surface area contributed by atoms with Crippen LogP contribution >= 0.6 is 11.6 Å². The number of carbonyl (C=O) groups is 1. The van der Waals surface area contributed by atoms with Crippen LogP contribution in [-0.4, -0.2) is 83.8 Å². The number of nitrogens with zero attached hydrogens (tertiary/aromatic N) is 6. The molecule has 0 N–H and O–H groups in total. The average molecular weight is 611 g/mol. The van der Waals surface area contributed by atoms with Crippen LogP contribution in [0.3, 0.4) is 0 Å². The van der Waals surface area contributed by atoms with Gasteiger partial charge in [-0.2, -0.15) is 15.2 Å². The summed E-state index contributed by atoms with van der Waals surface area (Å²) in [6.45, 7) is 5.42. The van der Waals surface area contributed by atoms with E-state index in [0.717, 1.165) is 73.6 Å². The SMILES string of the molecule is C=C(F)C(=O)N1CCN(c2nc(OC[C@@H]3CCCN3CCF)nc3c2CC[C@@]2(CCc4c(Cl)cccc42)C3)C[C@@H]1CC#N. The minimum absolute atomic E-state index is 0.0601. The van der Waals surface area contributed by atoms with E-state index in [1.165, 1.54) is 16.0 Å². The van der Waals surface area contributed by atoms with E-state index in [1.807, 2.05) is 12.1 Å². The van der Waals surface area contributed by atoms with Crippen molar-refractivity contribution >= 4 is 23.3 Å². The molecule has 0 unspecified atom stereocenters. The molecule has 0 radical (unpaired) electrons. The highest BCUT2D eigenvalue weighted by Crippen LogP contribution is 2.50. The molecular formula is C32H37ClF2N6O2. The molecule has 1 spiro atoms. The van der Waals surface area contributed by atoms with Gasteiger partial charge in [0.1, 0.15) is 19.1 Å². The first-order chi connectivity index (χ1) is 20.8. The Labute approximate surface area is 256 Å². The fourth-order valence-corrected chi connectivity index (χ4v) is 7.93. The highest BCUT2D eigenvalue weighted by Gasteiger charge is 2.44. The van der Waals surface area contributed by atoms with Gasteiger partial charge in [0.2, 0.25) is 0 Å². The van der Waals surface area contributed by atoms with Crippen molar-refractivity contribution < 1.29 is 18.3 Å². The summed E-state index contributed by atoms with van der Waals surface area (Å²) in [6, 6.07) is 8.22. The first-order valence-corrected chi connectivity index (χ1v) is 15.6. The second-order valence-corrected chi connectivity index (χ2v) is 12.6. The van der Waals surface area contributed by atoms with Gasteiger partial charge in [-0.3, -0.25) is 9.69 Å². The summed E-state index contributed by atoms with van der Waals surface area (Å²) < 4.78 is 33.2. The number of piperazine rings is 1. The average Bonchev–Trinajstić information content (AvgIpc) is 3.60. The summed E-state index contributed by atoms with van der Waals surface area (Å²) in [4.78, 5) is 28.0. The van der Waals surface area contributed by atoms with Crippen molar-refractivity contribution in [2.75, 3.05) is 50.9 Å². The van der Waals surface area contributed by atoms with Crippen molar-refractivity contribution in [1.82, 2.24) is 19.8 Å². The van der Waals surface area contributed by atoms with Gasteiger partial charge in [-0.25, -0.2) is 8.78 Å². The van der Waals surface area contributed by atoms with Gasteiger partial charge in [0, 0.05) is 48.2 Å². The zero-order valence-corrected chi connectivity index (χ0v) is 25.1. The van der Waals surface area contributed by atoms with Crippen LogP contribution in [0.25, 0.3) is 0 Å². The highest BCUT2D eigenvalue weighted by molar-refractivity contribution is 6.31. The quantitative estimate of drug-likeness (QED) is 0.400. The van der Waals surface area contributed by atoms with Gasteiger partial charge in [-0.1, -0.05) is 30.3 Å². The van der Waals surface area contributed by atoms with Crippen LogP contribution in [0.1, 0.15) is 54.5 Å². The number of alkyl halides is 1. The molecule has 43 heavy (non-hydrogen) atoms. The van der Waals surface area contributed by atoms with Gasteiger partial charge < -0.3 is 14.5 Å². The lowest BCUT2D eigenvalue weighted by Crippen LogP contribution is -2.55. The maximum absolute atomic E-state index is 13.8. The molecule has 228 valence electrons. The molecule has 1 aromatic heterocycles. The smallest absolute Gasteiger partial charge is 0.318 e. The monoisotopic (exact) mass is 610 g/mol. The summed E-state index contributed by atoms with van der Waals surface area (Å²) >= 11 is 6.60. The predicted octanol–water partition coefficient (Wildman–Crippen LogP) is 4.73. The molecule has 2 fully saturated rings. The third kappa shape index (κ3) is 5.69. The molecule has 3 atom stereocenters. The van der Waals surface area contributed by atoms with Crippen molar-refractivity contribution in [2.45, 2.75) is 68.9 Å². The lowest BCUT2D eigenvalue weighted by Gasteiger charge is -2.42. The van der Waals surface area contributed by atoms with Crippen molar-refractivity contribution in [1.29, 1.82) is 5.26 Å². The second-order valence-electron chi connectivity index (χ2n) is 12.2.